The summed E-state index contributed by atoms with van der Waals surface area (Å²) >= 11 is 0. The van der Waals surface area contributed by atoms with E-state index in [-0.39, 0.29) is 12.6 Å². The number of aliphatic hydroxyl groups excluding tert-OH is 1. The maximum atomic E-state index is 9.75. The van der Waals surface area contributed by atoms with Crippen LogP contribution in [0.4, 0.5) is 0 Å². The highest BCUT2D eigenvalue weighted by molar-refractivity contribution is 5.43. The van der Waals surface area contributed by atoms with Crippen molar-refractivity contribution < 1.29 is 5.11 Å². The Bertz CT molecular complexity index is 608. The van der Waals surface area contributed by atoms with Crippen molar-refractivity contribution >= 4 is 0 Å². The van der Waals surface area contributed by atoms with Crippen molar-refractivity contribution in [2.24, 2.45) is 0 Å². The van der Waals surface area contributed by atoms with Gasteiger partial charge in [0.05, 0.1) is 12.6 Å². The fraction of sp³-hybridized carbons (Fsp3) is 0.368. The largest absolute Gasteiger partial charge is 0.394 e. The minimum absolute atomic E-state index is 0.00476. The van der Waals surface area contributed by atoms with E-state index in [1.807, 2.05) is 18.2 Å². The van der Waals surface area contributed by atoms with E-state index in [9.17, 15) is 5.11 Å². The Labute approximate surface area is 126 Å². The van der Waals surface area contributed by atoms with Crippen molar-refractivity contribution in [1.29, 1.82) is 0 Å². The molecule has 2 aromatic carbocycles. The molecule has 0 aliphatic heterocycles. The van der Waals surface area contributed by atoms with E-state index >= 15 is 0 Å². The van der Waals surface area contributed by atoms with Crippen LogP contribution in [0.1, 0.15) is 53.6 Å². The summed E-state index contributed by atoms with van der Waals surface area (Å²) in [5.74, 6) is 0.578. The first kappa shape index (κ1) is 14.3. The average molecular weight is 281 g/mol. The van der Waals surface area contributed by atoms with Crippen LogP contribution < -0.4 is 5.32 Å². The fourth-order valence-electron chi connectivity index (χ4n) is 3.62. The van der Waals surface area contributed by atoms with E-state index in [0.717, 1.165) is 12.0 Å². The lowest BCUT2D eigenvalue weighted by Crippen LogP contribution is -2.27. The summed E-state index contributed by atoms with van der Waals surface area (Å²) in [7, 11) is 0. The Kier molecular flexibility index (Phi) is 4.09. The number of rotatable bonds is 4. The minimum Gasteiger partial charge on any atom is -0.394 e. The lowest BCUT2D eigenvalue weighted by molar-refractivity contribution is 0.232. The number of hydrogen-bond donors (Lipinski definition) is 2. The molecule has 3 rings (SSSR count). The maximum absolute atomic E-state index is 9.75. The molecule has 110 valence electrons. The van der Waals surface area contributed by atoms with Crippen LogP contribution in [-0.2, 0) is 0 Å². The number of hydrogen-bond acceptors (Lipinski definition) is 2. The van der Waals surface area contributed by atoms with Crippen LogP contribution in [0.15, 0.2) is 48.5 Å². The van der Waals surface area contributed by atoms with Crippen LogP contribution in [0.3, 0.4) is 0 Å². The first-order valence-electron chi connectivity index (χ1n) is 7.72. The zero-order chi connectivity index (χ0) is 14.8. The lowest BCUT2D eigenvalue weighted by atomic mass is 9.98. The normalized spacial score (nSPS) is 22.0. The summed E-state index contributed by atoms with van der Waals surface area (Å²) in [6, 6.07) is 17.1. The lowest BCUT2D eigenvalue weighted by Gasteiger charge is -2.22. The number of fused-ring (bicyclic) bond motifs is 1. The fourth-order valence-corrected chi connectivity index (χ4v) is 3.62. The molecule has 0 amide bonds. The SMILES string of the molecule is Cc1cccc2c1C(C)CC2NC(CO)c1ccccc1. The molecule has 2 nitrogen and oxygen atoms in total. The van der Waals surface area contributed by atoms with Crippen LogP contribution in [0, 0.1) is 6.92 Å². The van der Waals surface area contributed by atoms with Crippen LogP contribution >= 0.6 is 0 Å². The van der Waals surface area contributed by atoms with Crippen molar-refractivity contribution in [3.63, 3.8) is 0 Å². The predicted molar refractivity (Wildman–Crippen MR) is 86.4 cm³/mol. The van der Waals surface area contributed by atoms with Crippen molar-refractivity contribution in [2.45, 2.75) is 38.3 Å². The number of benzene rings is 2. The Hall–Kier alpha value is -1.64. The van der Waals surface area contributed by atoms with Crippen molar-refractivity contribution in [2.75, 3.05) is 6.61 Å². The second kappa shape index (κ2) is 6.00. The van der Waals surface area contributed by atoms with Crippen LogP contribution in [0.2, 0.25) is 0 Å². The van der Waals surface area contributed by atoms with Gasteiger partial charge in [0, 0.05) is 6.04 Å². The van der Waals surface area contributed by atoms with Gasteiger partial charge in [0.2, 0.25) is 0 Å². The quantitative estimate of drug-likeness (QED) is 0.891. The monoisotopic (exact) mass is 281 g/mol. The molecule has 0 saturated heterocycles. The van der Waals surface area contributed by atoms with E-state index in [1.54, 1.807) is 0 Å². The number of nitrogens with one attached hydrogen (secondary N) is 1. The smallest absolute Gasteiger partial charge is 0.0626 e. The van der Waals surface area contributed by atoms with E-state index in [0.29, 0.717) is 12.0 Å². The van der Waals surface area contributed by atoms with Gasteiger partial charge in [-0.05, 0) is 41.5 Å². The van der Waals surface area contributed by atoms with Gasteiger partial charge in [0.25, 0.3) is 0 Å². The predicted octanol–water partition coefficient (Wildman–Crippen LogP) is 3.87. The Morgan fingerprint density at radius 2 is 1.90 bits per heavy atom. The molecule has 0 bridgehead atoms. The summed E-state index contributed by atoms with van der Waals surface area (Å²) in [5, 5.41) is 13.4. The Balaban J connectivity index is 1.85. The molecule has 0 fully saturated rings. The molecule has 0 saturated carbocycles. The maximum Gasteiger partial charge on any atom is 0.0626 e. The standard InChI is InChI=1S/C19H23NO/c1-13-7-6-10-16-17(11-14(2)19(13)16)20-18(12-21)15-8-4-3-5-9-15/h3-10,14,17-18,20-21H,11-12H2,1-2H3. The summed E-state index contributed by atoms with van der Waals surface area (Å²) in [5.41, 5.74) is 5.41. The summed E-state index contributed by atoms with van der Waals surface area (Å²) in [4.78, 5) is 0. The molecule has 21 heavy (non-hydrogen) atoms. The highest BCUT2D eigenvalue weighted by Gasteiger charge is 2.30. The van der Waals surface area contributed by atoms with Crippen molar-refractivity contribution in [3.05, 3.63) is 70.8 Å². The molecule has 0 aromatic heterocycles. The molecule has 3 unspecified atom stereocenters. The van der Waals surface area contributed by atoms with Crippen LogP contribution in [-0.4, -0.2) is 11.7 Å². The van der Waals surface area contributed by atoms with Gasteiger partial charge >= 0.3 is 0 Å². The van der Waals surface area contributed by atoms with Gasteiger partial charge in [0.1, 0.15) is 0 Å². The molecule has 1 aliphatic carbocycles. The molecule has 1 aliphatic rings. The highest BCUT2D eigenvalue weighted by Crippen LogP contribution is 2.42. The molecule has 3 atom stereocenters. The van der Waals surface area contributed by atoms with E-state index in [4.69, 9.17) is 0 Å². The number of aryl methyl sites for hydroxylation is 1. The summed E-state index contributed by atoms with van der Waals surface area (Å²) in [6.45, 7) is 4.61. The molecular weight excluding hydrogens is 258 g/mol. The first-order chi connectivity index (χ1) is 10.2. The summed E-state index contributed by atoms with van der Waals surface area (Å²) < 4.78 is 0. The van der Waals surface area contributed by atoms with Gasteiger partial charge in [-0.15, -0.1) is 0 Å². The van der Waals surface area contributed by atoms with Crippen LogP contribution in [0.25, 0.3) is 0 Å². The van der Waals surface area contributed by atoms with Crippen LogP contribution in [0.5, 0.6) is 0 Å². The highest BCUT2D eigenvalue weighted by atomic mass is 16.3. The van der Waals surface area contributed by atoms with Crippen molar-refractivity contribution in [1.82, 2.24) is 5.32 Å². The van der Waals surface area contributed by atoms with Gasteiger partial charge in [-0.3, -0.25) is 0 Å². The molecule has 2 aromatic rings. The molecule has 0 radical (unpaired) electrons. The third-order valence-corrected chi connectivity index (χ3v) is 4.60. The molecule has 0 heterocycles. The van der Waals surface area contributed by atoms with Gasteiger partial charge in [-0.25, -0.2) is 0 Å². The van der Waals surface area contributed by atoms with Gasteiger partial charge in [-0.1, -0.05) is 55.5 Å². The van der Waals surface area contributed by atoms with Crippen molar-refractivity contribution in [3.8, 4) is 0 Å². The Morgan fingerprint density at radius 1 is 1.14 bits per heavy atom. The third-order valence-electron chi connectivity index (χ3n) is 4.60. The molecule has 2 N–H and O–H groups in total. The van der Waals surface area contributed by atoms with E-state index in [1.165, 1.54) is 16.7 Å². The van der Waals surface area contributed by atoms with E-state index in [2.05, 4.69) is 49.5 Å². The topological polar surface area (TPSA) is 32.3 Å². The molecule has 0 spiro atoms. The zero-order valence-corrected chi connectivity index (χ0v) is 12.7. The first-order valence-corrected chi connectivity index (χ1v) is 7.72. The molecular formula is C19H23NO. The number of aliphatic hydroxyl groups is 1. The second-order valence-electron chi connectivity index (χ2n) is 6.08. The zero-order valence-electron chi connectivity index (χ0n) is 12.7. The average Bonchev–Trinajstić information content (AvgIpc) is 2.83. The third kappa shape index (κ3) is 2.74. The molecule has 2 heteroatoms. The van der Waals surface area contributed by atoms with Gasteiger partial charge in [-0.2, -0.15) is 0 Å². The summed E-state index contributed by atoms with van der Waals surface area (Å²) in [6.07, 6.45) is 1.10. The van der Waals surface area contributed by atoms with E-state index < -0.39 is 0 Å². The Morgan fingerprint density at radius 3 is 2.62 bits per heavy atom. The second-order valence-corrected chi connectivity index (χ2v) is 6.08. The van der Waals surface area contributed by atoms with Gasteiger partial charge in [0.15, 0.2) is 0 Å². The minimum atomic E-state index is -0.00476. The van der Waals surface area contributed by atoms with Gasteiger partial charge < -0.3 is 10.4 Å².